The second-order valence-electron chi connectivity index (χ2n) is 8.49. The molecule has 1 heterocycles. The van der Waals surface area contributed by atoms with E-state index in [1.165, 1.54) is 0 Å². The lowest BCUT2D eigenvalue weighted by Gasteiger charge is -2.28. The molecule has 7 unspecified atom stereocenters. The van der Waals surface area contributed by atoms with E-state index < -0.39 is 0 Å². The molecule has 3 saturated carbocycles. The topological polar surface area (TPSA) is 52.6 Å². The zero-order valence-corrected chi connectivity index (χ0v) is 13.9. The first-order chi connectivity index (χ1) is 10.4. The average molecular weight is 306 g/mol. The SMILES string of the molecule is CC(C)CC1(C(=O)OC2C3CC4C(=O)OC2C4C3)C(C)C1C. The Morgan fingerprint density at radius 1 is 1.32 bits per heavy atom. The van der Waals surface area contributed by atoms with Crippen molar-refractivity contribution >= 4 is 11.9 Å². The summed E-state index contributed by atoms with van der Waals surface area (Å²) in [4.78, 5) is 24.7. The molecule has 4 nitrogen and oxygen atoms in total. The minimum Gasteiger partial charge on any atom is -0.458 e. The maximum absolute atomic E-state index is 12.9. The molecule has 3 aliphatic carbocycles. The van der Waals surface area contributed by atoms with Crippen LogP contribution >= 0.6 is 0 Å². The molecule has 0 aromatic rings. The van der Waals surface area contributed by atoms with E-state index in [1.54, 1.807) is 0 Å². The van der Waals surface area contributed by atoms with E-state index in [9.17, 15) is 9.59 Å². The molecule has 7 atom stereocenters. The lowest BCUT2D eigenvalue weighted by molar-refractivity contribution is -0.168. The van der Waals surface area contributed by atoms with Crippen LogP contribution in [-0.2, 0) is 19.1 Å². The van der Waals surface area contributed by atoms with Gasteiger partial charge in [-0.05, 0) is 37.0 Å². The first-order valence-electron chi connectivity index (χ1n) is 8.77. The van der Waals surface area contributed by atoms with Gasteiger partial charge in [0.15, 0.2) is 0 Å². The fourth-order valence-electron chi connectivity index (χ4n) is 5.66. The molecule has 4 fully saturated rings. The fraction of sp³-hybridized carbons (Fsp3) is 0.889. The Morgan fingerprint density at radius 2 is 2.00 bits per heavy atom. The first kappa shape index (κ1) is 14.5. The summed E-state index contributed by atoms with van der Waals surface area (Å²) < 4.78 is 11.5. The van der Waals surface area contributed by atoms with Crippen LogP contribution in [0.25, 0.3) is 0 Å². The predicted octanol–water partition coefficient (Wildman–Crippen LogP) is 2.80. The van der Waals surface area contributed by atoms with Crippen LogP contribution in [0.1, 0.15) is 47.0 Å². The summed E-state index contributed by atoms with van der Waals surface area (Å²) in [5.74, 6) is 1.85. The van der Waals surface area contributed by atoms with Crippen molar-refractivity contribution in [3.63, 3.8) is 0 Å². The van der Waals surface area contributed by atoms with Crippen LogP contribution < -0.4 is 0 Å². The molecule has 1 saturated heterocycles. The Hall–Kier alpha value is -1.06. The van der Waals surface area contributed by atoms with E-state index >= 15 is 0 Å². The monoisotopic (exact) mass is 306 g/mol. The van der Waals surface area contributed by atoms with E-state index in [1.807, 2.05) is 0 Å². The van der Waals surface area contributed by atoms with Gasteiger partial charge >= 0.3 is 11.9 Å². The number of hydrogen-bond donors (Lipinski definition) is 0. The molecule has 0 aromatic carbocycles. The van der Waals surface area contributed by atoms with Crippen LogP contribution in [-0.4, -0.2) is 24.1 Å². The van der Waals surface area contributed by atoms with Crippen molar-refractivity contribution in [3.05, 3.63) is 0 Å². The summed E-state index contributed by atoms with van der Waals surface area (Å²) in [6.07, 6.45) is 2.37. The van der Waals surface area contributed by atoms with E-state index in [2.05, 4.69) is 27.7 Å². The molecule has 4 rings (SSSR count). The van der Waals surface area contributed by atoms with Crippen LogP contribution in [0.5, 0.6) is 0 Å². The van der Waals surface area contributed by atoms with Crippen LogP contribution in [0.15, 0.2) is 0 Å². The quantitative estimate of drug-likeness (QED) is 0.749. The Labute approximate surface area is 131 Å². The van der Waals surface area contributed by atoms with Gasteiger partial charge in [0.25, 0.3) is 0 Å². The highest BCUT2D eigenvalue weighted by Gasteiger charge is 2.68. The lowest BCUT2D eigenvalue weighted by atomic mass is 9.87. The summed E-state index contributed by atoms with van der Waals surface area (Å²) >= 11 is 0. The number of carbonyl (C=O) groups is 2. The Morgan fingerprint density at radius 3 is 2.59 bits per heavy atom. The largest absolute Gasteiger partial charge is 0.458 e. The third-order valence-electron chi connectivity index (χ3n) is 7.05. The summed E-state index contributed by atoms with van der Waals surface area (Å²) in [7, 11) is 0. The molecule has 1 aliphatic heterocycles. The van der Waals surface area contributed by atoms with Crippen molar-refractivity contribution < 1.29 is 19.1 Å². The number of carbonyl (C=O) groups excluding carboxylic acids is 2. The molecule has 0 spiro atoms. The van der Waals surface area contributed by atoms with Gasteiger partial charge in [0.2, 0.25) is 0 Å². The maximum Gasteiger partial charge on any atom is 0.313 e. The lowest BCUT2D eigenvalue weighted by Crippen LogP contribution is -2.39. The molecular formula is C18H26O4. The maximum atomic E-state index is 12.9. The van der Waals surface area contributed by atoms with E-state index in [0.717, 1.165) is 19.3 Å². The summed E-state index contributed by atoms with van der Waals surface area (Å²) in [6.45, 7) is 8.63. The van der Waals surface area contributed by atoms with Crippen molar-refractivity contribution in [3.8, 4) is 0 Å². The zero-order chi connectivity index (χ0) is 15.8. The number of fused-ring (bicyclic) bond motifs is 1. The third kappa shape index (κ3) is 1.70. The molecule has 0 radical (unpaired) electrons. The Bertz CT molecular complexity index is 517. The van der Waals surface area contributed by atoms with Gasteiger partial charge in [0.1, 0.15) is 12.2 Å². The van der Waals surface area contributed by atoms with E-state index in [4.69, 9.17) is 9.47 Å². The van der Waals surface area contributed by atoms with Crippen LogP contribution in [0.3, 0.4) is 0 Å². The molecule has 0 amide bonds. The fourth-order valence-corrected chi connectivity index (χ4v) is 5.66. The Balaban J connectivity index is 1.50. The van der Waals surface area contributed by atoms with Crippen molar-refractivity contribution in [2.45, 2.75) is 59.2 Å². The molecule has 22 heavy (non-hydrogen) atoms. The summed E-state index contributed by atoms with van der Waals surface area (Å²) in [5, 5.41) is 0. The number of rotatable bonds is 4. The van der Waals surface area contributed by atoms with Crippen molar-refractivity contribution in [2.24, 2.45) is 40.9 Å². The van der Waals surface area contributed by atoms with E-state index in [0.29, 0.717) is 29.6 Å². The first-order valence-corrected chi connectivity index (χ1v) is 8.77. The summed E-state index contributed by atoms with van der Waals surface area (Å²) in [6, 6.07) is 0. The van der Waals surface area contributed by atoms with Gasteiger partial charge in [-0.15, -0.1) is 0 Å². The molecule has 122 valence electrons. The number of ether oxygens (including phenoxy) is 2. The van der Waals surface area contributed by atoms with Gasteiger partial charge in [-0.1, -0.05) is 27.7 Å². The second-order valence-corrected chi connectivity index (χ2v) is 8.49. The van der Waals surface area contributed by atoms with Crippen molar-refractivity contribution in [1.82, 2.24) is 0 Å². The van der Waals surface area contributed by atoms with Gasteiger partial charge in [0.05, 0.1) is 11.3 Å². The minimum absolute atomic E-state index is 0.0433. The highest BCUT2D eigenvalue weighted by atomic mass is 16.6. The Kier molecular flexibility index (Phi) is 2.96. The molecule has 4 aliphatic rings. The molecule has 4 heteroatoms. The van der Waals surface area contributed by atoms with Crippen molar-refractivity contribution in [1.29, 1.82) is 0 Å². The number of hydrogen-bond acceptors (Lipinski definition) is 4. The van der Waals surface area contributed by atoms with Gasteiger partial charge in [-0.25, -0.2) is 0 Å². The molecule has 0 aromatic heterocycles. The molecule has 2 bridgehead atoms. The highest BCUT2D eigenvalue weighted by Crippen LogP contribution is 2.63. The van der Waals surface area contributed by atoms with E-state index in [-0.39, 0.29) is 35.5 Å². The van der Waals surface area contributed by atoms with Gasteiger partial charge in [-0.3, -0.25) is 9.59 Å². The van der Waals surface area contributed by atoms with Crippen LogP contribution in [0.4, 0.5) is 0 Å². The number of esters is 2. The average Bonchev–Trinajstić information content (AvgIpc) is 2.84. The van der Waals surface area contributed by atoms with Crippen LogP contribution in [0, 0.1) is 40.9 Å². The zero-order valence-electron chi connectivity index (χ0n) is 13.9. The summed E-state index contributed by atoms with van der Waals surface area (Å²) in [5.41, 5.74) is -0.308. The smallest absolute Gasteiger partial charge is 0.313 e. The normalized spacial score (nSPS) is 51.3. The highest BCUT2D eigenvalue weighted by molar-refractivity contribution is 5.82. The van der Waals surface area contributed by atoms with Gasteiger partial charge in [-0.2, -0.15) is 0 Å². The third-order valence-corrected chi connectivity index (χ3v) is 7.05. The molecule has 0 N–H and O–H groups in total. The predicted molar refractivity (Wildman–Crippen MR) is 79.7 cm³/mol. The van der Waals surface area contributed by atoms with Gasteiger partial charge < -0.3 is 9.47 Å². The minimum atomic E-state index is -0.308. The van der Waals surface area contributed by atoms with Crippen LogP contribution in [0.2, 0.25) is 0 Å². The molecular weight excluding hydrogens is 280 g/mol. The van der Waals surface area contributed by atoms with Crippen molar-refractivity contribution in [2.75, 3.05) is 0 Å². The van der Waals surface area contributed by atoms with Gasteiger partial charge in [0, 0.05) is 11.8 Å². The second kappa shape index (κ2) is 4.48. The standard InChI is InChI=1S/C18H26O4/c1-8(2)7-18(9(3)10(18)4)17(20)22-14-11-5-12-13(6-11)16(19)21-15(12)14/h8-15H,5-7H2,1-4H3.